The molecule has 4 fully saturated rings. The second kappa shape index (κ2) is 19.1. The topological polar surface area (TPSA) is 116 Å². The molecule has 6 rings (SSSR count). The number of hydrogen-bond donors (Lipinski definition) is 3. The van der Waals surface area contributed by atoms with Crippen LogP contribution in [0.4, 0.5) is 32.6 Å². The van der Waals surface area contributed by atoms with Gasteiger partial charge in [-0.1, -0.05) is 6.42 Å². The largest absolute Gasteiger partial charge is 0.365 e. The highest BCUT2D eigenvalue weighted by atomic mass is 79.9. The quantitative estimate of drug-likeness (QED) is 0.214. The van der Waals surface area contributed by atoms with Crippen molar-refractivity contribution in [1.29, 1.82) is 0 Å². The number of anilines is 1. The SMILES string of the molecule is Fc1cc(F)c(Br)nc1F.N[C@H]1CCC[C@@H](CC(=O)N2CCCC2)C1.O=C(N[C@@H]1CCC[C@H](Nc2nc(Br)c(F)cc2F)C1)N1CCCC1. The van der Waals surface area contributed by atoms with Gasteiger partial charge in [0.05, 0.1) is 0 Å². The first-order chi connectivity index (χ1) is 23.4. The van der Waals surface area contributed by atoms with Gasteiger partial charge >= 0.3 is 6.03 Å². The standard InChI is InChI=1S/C16H21BrF2N4O.C12H22N2O.C5HBrF3N/c17-14-12(18)9-13(19)15(22-14)20-10-4-3-5-11(8-10)21-16(24)23-6-1-2-7-23;13-11-5-3-4-10(8-11)9-12(15)14-6-1-2-7-14;6-4-2(7)1-3(8)5(9)10-4/h9-11H,1-8H2,(H,20,22)(H,21,24);10-11H,1-9,13H2;1H/t2*10-,11+;/m01./s1. The van der Waals surface area contributed by atoms with Crippen LogP contribution in [0.5, 0.6) is 0 Å². The van der Waals surface area contributed by atoms with Crippen LogP contribution in [-0.2, 0) is 4.79 Å². The van der Waals surface area contributed by atoms with E-state index in [1.54, 1.807) is 0 Å². The minimum atomic E-state index is -1.31. The van der Waals surface area contributed by atoms with Crippen LogP contribution >= 0.6 is 31.9 Å². The number of aromatic nitrogens is 2. The number of likely N-dealkylation sites (tertiary alicyclic amines) is 2. The van der Waals surface area contributed by atoms with Gasteiger partial charge in [0.15, 0.2) is 29.1 Å². The molecule has 2 aliphatic heterocycles. The van der Waals surface area contributed by atoms with Crippen LogP contribution in [0, 0.1) is 35.1 Å². The van der Waals surface area contributed by atoms with Gasteiger partial charge in [-0.15, -0.1) is 0 Å². The van der Waals surface area contributed by atoms with E-state index in [9.17, 15) is 31.5 Å². The number of nitrogens with zero attached hydrogens (tertiary/aromatic N) is 4. The molecule has 9 nitrogen and oxygen atoms in total. The minimum Gasteiger partial charge on any atom is -0.365 e. The number of carbonyl (C=O) groups excluding carboxylic acids is 2. The van der Waals surface area contributed by atoms with E-state index in [0.717, 1.165) is 83.6 Å². The van der Waals surface area contributed by atoms with Crippen LogP contribution < -0.4 is 16.4 Å². The Bertz CT molecular complexity index is 1370. The predicted octanol–water partition coefficient (Wildman–Crippen LogP) is 7.43. The molecule has 0 unspecified atom stereocenters. The molecule has 49 heavy (non-hydrogen) atoms. The first-order valence-electron chi connectivity index (χ1n) is 16.9. The van der Waals surface area contributed by atoms with Crippen molar-refractivity contribution < 1.29 is 31.5 Å². The van der Waals surface area contributed by atoms with Crippen molar-refractivity contribution in [2.45, 2.75) is 102 Å². The van der Waals surface area contributed by atoms with Gasteiger partial charge < -0.3 is 26.2 Å². The molecule has 16 heteroatoms. The molecule has 4 heterocycles. The highest BCUT2D eigenvalue weighted by Gasteiger charge is 2.28. The second-order valence-electron chi connectivity index (χ2n) is 13.1. The molecule has 2 saturated heterocycles. The Balaban J connectivity index is 0.000000184. The third-order valence-electron chi connectivity index (χ3n) is 9.21. The van der Waals surface area contributed by atoms with Gasteiger partial charge in [-0.05, 0) is 108 Å². The van der Waals surface area contributed by atoms with E-state index in [2.05, 4.69) is 52.5 Å². The lowest BCUT2D eigenvalue weighted by Gasteiger charge is -2.32. The average Bonchev–Trinajstić information content (AvgIpc) is 3.80. The summed E-state index contributed by atoms with van der Waals surface area (Å²) in [6, 6.07) is 1.64. The molecule has 3 amide bonds. The Morgan fingerprint density at radius 3 is 1.94 bits per heavy atom. The Morgan fingerprint density at radius 2 is 1.31 bits per heavy atom. The Labute approximate surface area is 300 Å². The van der Waals surface area contributed by atoms with Crippen LogP contribution in [0.1, 0.15) is 83.5 Å². The van der Waals surface area contributed by atoms with Crippen molar-refractivity contribution in [3.8, 4) is 0 Å². The summed E-state index contributed by atoms with van der Waals surface area (Å²) in [4.78, 5) is 34.7. The molecule has 4 N–H and O–H groups in total. The first kappa shape index (κ1) is 39.2. The molecule has 0 spiro atoms. The zero-order valence-corrected chi connectivity index (χ0v) is 30.5. The summed E-state index contributed by atoms with van der Waals surface area (Å²) in [6.07, 6.45) is 13.3. The number of pyridine rings is 2. The fourth-order valence-corrected chi connectivity index (χ4v) is 7.22. The zero-order chi connectivity index (χ0) is 35.5. The van der Waals surface area contributed by atoms with E-state index in [4.69, 9.17) is 5.73 Å². The summed E-state index contributed by atoms with van der Waals surface area (Å²) < 4.78 is 63.1. The molecular formula is C33H44Br2F5N7O2. The van der Waals surface area contributed by atoms with E-state index >= 15 is 0 Å². The van der Waals surface area contributed by atoms with Crippen molar-refractivity contribution in [2.24, 2.45) is 11.7 Å². The van der Waals surface area contributed by atoms with E-state index in [1.807, 2.05) is 9.80 Å². The number of rotatable bonds is 5. The maximum Gasteiger partial charge on any atom is 0.317 e. The predicted molar refractivity (Wildman–Crippen MR) is 183 cm³/mol. The van der Waals surface area contributed by atoms with E-state index in [1.165, 1.54) is 25.7 Å². The van der Waals surface area contributed by atoms with Crippen molar-refractivity contribution in [2.75, 3.05) is 31.5 Å². The minimum absolute atomic E-state index is 0.00184. The number of urea groups is 1. The molecule has 2 aliphatic carbocycles. The maximum absolute atomic E-state index is 13.8. The molecule has 2 aromatic heterocycles. The Hall–Kier alpha value is -2.59. The summed E-state index contributed by atoms with van der Waals surface area (Å²) in [5.74, 6) is -3.99. The molecule has 2 saturated carbocycles. The Morgan fingerprint density at radius 1 is 0.735 bits per heavy atom. The van der Waals surface area contributed by atoms with Gasteiger partial charge in [0.2, 0.25) is 11.9 Å². The normalized spacial score (nSPS) is 23.6. The maximum atomic E-state index is 13.8. The van der Waals surface area contributed by atoms with Crippen molar-refractivity contribution in [3.05, 3.63) is 50.6 Å². The summed E-state index contributed by atoms with van der Waals surface area (Å²) >= 11 is 5.56. The number of nitrogens with one attached hydrogen (secondary N) is 2. The number of carbonyl (C=O) groups is 2. The number of hydrogen-bond acceptors (Lipinski definition) is 6. The molecule has 4 aliphatic rings. The average molecular weight is 826 g/mol. The van der Waals surface area contributed by atoms with Gasteiger partial charge in [-0.2, -0.15) is 4.39 Å². The van der Waals surface area contributed by atoms with Gasteiger partial charge in [0, 0.05) is 62.9 Å². The monoisotopic (exact) mass is 823 g/mol. The molecule has 0 aromatic carbocycles. The Kier molecular flexibility index (Phi) is 15.3. The number of amides is 3. The molecule has 2 aromatic rings. The van der Waals surface area contributed by atoms with Crippen LogP contribution in [0.15, 0.2) is 21.3 Å². The highest BCUT2D eigenvalue weighted by molar-refractivity contribution is 9.10. The zero-order valence-electron chi connectivity index (χ0n) is 27.3. The number of halogens is 7. The van der Waals surface area contributed by atoms with Crippen LogP contribution in [0.25, 0.3) is 0 Å². The fourth-order valence-electron chi connectivity index (χ4n) is 6.66. The third kappa shape index (κ3) is 12.3. The first-order valence-corrected chi connectivity index (χ1v) is 18.5. The summed E-state index contributed by atoms with van der Waals surface area (Å²) in [5.41, 5.74) is 5.93. The van der Waals surface area contributed by atoms with Crippen molar-refractivity contribution in [1.82, 2.24) is 25.1 Å². The molecule has 0 bridgehead atoms. The molecule has 272 valence electrons. The lowest BCUT2D eigenvalue weighted by Crippen LogP contribution is -2.47. The van der Waals surface area contributed by atoms with Crippen LogP contribution in [0.2, 0.25) is 0 Å². The summed E-state index contributed by atoms with van der Waals surface area (Å²) in [5, 5.41) is 6.12. The van der Waals surface area contributed by atoms with E-state index in [0.29, 0.717) is 30.4 Å². The smallest absolute Gasteiger partial charge is 0.317 e. The lowest BCUT2D eigenvalue weighted by molar-refractivity contribution is -0.131. The van der Waals surface area contributed by atoms with Crippen LogP contribution in [0.3, 0.4) is 0 Å². The highest BCUT2D eigenvalue weighted by Crippen LogP contribution is 2.28. The second-order valence-corrected chi connectivity index (χ2v) is 14.6. The van der Waals surface area contributed by atoms with Gasteiger partial charge in [-0.3, -0.25) is 4.79 Å². The summed E-state index contributed by atoms with van der Waals surface area (Å²) in [7, 11) is 0. The molecule has 4 atom stereocenters. The van der Waals surface area contributed by atoms with Gasteiger partial charge in [-0.25, -0.2) is 32.3 Å². The van der Waals surface area contributed by atoms with Gasteiger partial charge in [0.1, 0.15) is 9.21 Å². The van der Waals surface area contributed by atoms with E-state index < -0.39 is 29.2 Å². The van der Waals surface area contributed by atoms with Crippen molar-refractivity contribution >= 4 is 49.6 Å². The molecule has 0 radical (unpaired) electrons. The third-order valence-corrected chi connectivity index (χ3v) is 10.3. The van der Waals surface area contributed by atoms with E-state index in [-0.39, 0.29) is 33.1 Å². The summed E-state index contributed by atoms with van der Waals surface area (Å²) in [6.45, 7) is 3.60. The van der Waals surface area contributed by atoms with Crippen molar-refractivity contribution in [3.63, 3.8) is 0 Å². The lowest BCUT2D eigenvalue weighted by atomic mass is 9.84. The fraction of sp³-hybridized carbons (Fsp3) is 0.636. The van der Waals surface area contributed by atoms with Crippen LogP contribution in [-0.4, -0.2) is 76.0 Å². The van der Waals surface area contributed by atoms with Gasteiger partial charge in [0.25, 0.3) is 0 Å². The number of nitrogens with two attached hydrogens (primary N) is 1. The molecular weight excluding hydrogens is 781 g/mol.